The van der Waals surface area contributed by atoms with E-state index in [1.807, 2.05) is 25.1 Å². The molecule has 1 N–H and O–H groups in total. The zero-order chi connectivity index (χ0) is 15.8. The number of hydrogen-bond donors (Lipinski definition) is 1. The molecule has 1 aliphatic heterocycles. The van der Waals surface area contributed by atoms with Crippen LogP contribution in [0.5, 0.6) is 11.5 Å². The summed E-state index contributed by atoms with van der Waals surface area (Å²) in [4.78, 5) is 25.9. The molecular weight excluding hydrogens is 286 g/mol. The lowest BCUT2D eigenvalue weighted by Gasteiger charge is -2.32. The van der Waals surface area contributed by atoms with Crippen molar-refractivity contribution < 1.29 is 19.1 Å². The Morgan fingerprint density at radius 3 is 2.41 bits per heavy atom. The highest BCUT2D eigenvalue weighted by Gasteiger charge is 2.19. The van der Waals surface area contributed by atoms with Crippen LogP contribution in [-0.2, 0) is 4.79 Å². The third kappa shape index (κ3) is 4.28. The maximum atomic E-state index is 12.0. The number of carbonyl (C=O) groups excluding carboxylic acids is 2. The third-order valence-electron chi connectivity index (χ3n) is 3.35. The number of piperazine rings is 1. The van der Waals surface area contributed by atoms with Gasteiger partial charge >= 0.3 is 6.03 Å². The zero-order valence-electron chi connectivity index (χ0n) is 12.7. The number of urea groups is 1. The molecule has 2 rings (SSSR count). The topological polar surface area (TPSA) is 71.1 Å². The normalized spacial score (nSPS) is 14.4. The first-order chi connectivity index (χ1) is 10.7. The predicted molar refractivity (Wildman–Crippen MR) is 80.8 cm³/mol. The van der Waals surface area contributed by atoms with Crippen molar-refractivity contribution in [3.05, 3.63) is 24.3 Å². The molecule has 1 aromatic carbocycles. The number of amides is 3. The Hall–Kier alpha value is -2.44. The van der Waals surface area contributed by atoms with Crippen LogP contribution in [0.2, 0.25) is 0 Å². The monoisotopic (exact) mass is 307 g/mol. The molecule has 0 aromatic heterocycles. The Labute approximate surface area is 129 Å². The molecule has 0 aliphatic carbocycles. The summed E-state index contributed by atoms with van der Waals surface area (Å²) in [6, 6.07) is 7.13. The molecule has 120 valence electrons. The number of nitrogens with one attached hydrogen (secondary N) is 1. The fourth-order valence-electron chi connectivity index (χ4n) is 2.16. The third-order valence-corrected chi connectivity index (χ3v) is 3.35. The largest absolute Gasteiger partial charge is 0.490 e. The molecule has 7 heteroatoms. The van der Waals surface area contributed by atoms with Crippen molar-refractivity contribution in [3.63, 3.8) is 0 Å². The summed E-state index contributed by atoms with van der Waals surface area (Å²) < 4.78 is 11.0. The van der Waals surface area contributed by atoms with Gasteiger partial charge < -0.3 is 24.6 Å². The molecule has 1 aliphatic rings. The van der Waals surface area contributed by atoms with E-state index in [1.165, 1.54) is 0 Å². The summed E-state index contributed by atoms with van der Waals surface area (Å²) in [7, 11) is 0. The van der Waals surface area contributed by atoms with Crippen LogP contribution in [0.25, 0.3) is 0 Å². The molecular formula is C15H21N3O4. The van der Waals surface area contributed by atoms with Crippen molar-refractivity contribution >= 4 is 12.4 Å². The number of rotatable bonds is 6. The van der Waals surface area contributed by atoms with E-state index in [2.05, 4.69) is 5.32 Å². The quantitative estimate of drug-likeness (QED) is 0.626. The van der Waals surface area contributed by atoms with Crippen LogP contribution in [0.3, 0.4) is 0 Å². The lowest BCUT2D eigenvalue weighted by molar-refractivity contribution is -0.119. The molecule has 1 saturated heterocycles. The van der Waals surface area contributed by atoms with E-state index in [0.29, 0.717) is 44.3 Å². The van der Waals surface area contributed by atoms with Gasteiger partial charge in [0.1, 0.15) is 0 Å². The number of hydrogen-bond acceptors (Lipinski definition) is 4. The van der Waals surface area contributed by atoms with Gasteiger partial charge in [0.15, 0.2) is 18.2 Å². The van der Waals surface area contributed by atoms with Crippen LogP contribution >= 0.6 is 0 Å². The summed E-state index contributed by atoms with van der Waals surface area (Å²) in [6.07, 6.45) is 0.809. The Kier molecular flexibility index (Phi) is 5.88. The Balaban J connectivity index is 1.76. The first kappa shape index (κ1) is 15.9. The van der Waals surface area contributed by atoms with E-state index in [1.54, 1.807) is 15.9 Å². The van der Waals surface area contributed by atoms with Crippen LogP contribution in [-0.4, -0.2) is 61.8 Å². The van der Waals surface area contributed by atoms with Crippen molar-refractivity contribution in [1.29, 1.82) is 0 Å². The van der Waals surface area contributed by atoms with Gasteiger partial charge in [-0.1, -0.05) is 12.1 Å². The van der Waals surface area contributed by atoms with Gasteiger partial charge in [-0.15, -0.1) is 0 Å². The van der Waals surface area contributed by atoms with Gasteiger partial charge in [0.05, 0.1) is 6.61 Å². The van der Waals surface area contributed by atoms with E-state index in [4.69, 9.17) is 9.47 Å². The van der Waals surface area contributed by atoms with Crippen LogP contribution in [0, 0.1) is 0 Å². The fraction of sp³-hybridized carbons (Fsp3) is 0.467. The fourth-order valence-corrected chi connectivity index (χ4v) is 2.16. The molecule has 1 heterocycles. The van der Waals surface area contributed by atoms with Crippen LogP contribution in [0.1, 0.15) is 6.92 Å². The predicted octanol–water partition coefficient (Wildman–Crippen LogP) is 0.905. The standard InChI is InChI=1S/C15H21N3O4/c1-2-21-13-5-3-4-6-14(13)22-11-16-15(20)18-9-7-17(12-19)8-10-18/h3-6,12H,2,7-11H2,1H3,(H,16,20). The molecule has 1 aromatic rings. The smallest absolute Gasteiger partial charge is 0.320 e. The van der Waals surface area contributed by atoms with Crippen molar-refractivity contribution in [2.75, 3.05) is 39.5 Å². The molecule has 7 nitrogen and oxygen atoms in total. The second kappa shape index (κ2) is 8.11. The molecule has 3 amide bonds. The second-order valence-corrected chi connectivity index (χ2v) is 4.78. The van der Waals surface area contributed by atoms with Crippen molar-refractivity contribution in [2.24, 2.45) is 0 Å². The van der Waals surface area contributed by atoms with Gasteiger partial charge in [-0.05, 0) is 19.1 Å². The van der Waals surface area contributed by atoms with Gasteiger partial charge in [0.2, 0.25) is 6.41 Å². The first-order valence-corrected chi connectivity index (χ1v) is 7.31. The number of carbonyl (C=O) groups is 2. The molecule has 0 radical (unpaired) electrons. The molecule has 22 heavy (non-hydrogen) atoms. The highest BCUT2D eigenvalue weighted by atomic mass is 16.5. The van der Waals surface area contributed by atoms with Crippen LogP contribution in [0.4, 0.5) is 4.79 Å². The van der Waals surface area contributed by atoms with E-state index in [-0.39, 0.29) is 12.8 Å². The minimum Gasteiger partial charge on any atom is -0.490 e. The van der Waals surface area contributed by atoms with Crippen molar-refractivity contribution in [2.45, 2.75) is 6.92 Å². The van der Waals surface area contributed by atoms with Gasteiger partial charge in [0, 0.05) is 26.2 Å². The summed E-state index contributed by atoms with van der Waals surface area (Å²) >= 11 is 0. The lowest BCUT2D eigenvalue weighted by Crippen LogP contribution is -2.51. The van der Waals surface area contributed by atoms with Gasteiger partial charge in [-0.25, -0.2) is 4.79 Å². The average Bonchev–Trinajstić information content (AvgIpc) is 2.56. The molecule has 1 fully saturated rings. The van der Waals surface area contributed by atoms with E-state index < -0.39 is 0 Å². The highest BCUT2D eigenvalue weighted by Crippen LogP contribution is 2.25. The first-order valence-electron chi connectivity index (χ1n) is 7.31. The maximum absolute atomic E-state index is 12.0. The summed E-state index contributed by atoms with van der Waals surface area (Å²) in [5.74, 6) is 1.24. The maximum Gasteiger partial charge on any atom is 0.320 e. The Morgan fingerprint density at radius 2 is 1.82 bits per heavy atom. The van der Waals surface area contributed by atoms with E-state index >= 15 is 0 Å². The van der Waals surface area contributed by atoms with Crippen LogP contribution in [0.15, 0.2) is 24.3 Å². The van der Waals surface area contributed by atoms with Crippen LogP contribution < -0.4 is 14.8 Å². The van der Waals surface area contributed by atoms with Gasteiger partial charge in [-0.2, -0.15) is 0 Å². The molecule has 0 spiro atoms. The molecule has 0 saturated carbocycles. The summed E-state index contributed by atoms with van der Waals surface area (Å²) in [6.45, 7) is 4.69. The second-order valence-electron chi connectivity index (χ2n) is 4.78. The minimum absolute atomic E-state index is 0.0663. The summed E-state index contributed by atoms with van der Waals surface area (Å²) in [5, 5.41) is 2.71. The highest BCUT2D eigenvalue weighted by molar-refractivity contribution is 5.74. The minimum atomic E-state index is -0.195. The molecule has 0 bridgehead atoms. The average molecular weight is 307 g/mol. The van der Waals surface area contributed by atoms with Crippen molar-refractivity contribution in [3.8, 4) is 11.5 Å². The number of benzene rings is 1. The zero-order valence-corrected chi connectivity index (χ0v) is 12.7. The Morgan fingerprint density at radius 1 is 1.18 bits per heavy atom. The van der Waals surface area contributed by atoms with Crippen molar-refractivity contribution in [1.82, 2.24) is 15.1 Å². The SMILES string of the molecule is CCOc1ccccc1OCNC(=O)N1CCN(C=O)CC1. The number of para-hydroxylation sites is 2. The Bertz CT molecular complexity index is 501. The lowest BCUT2D eigenvalue weighted by atomic mass is 10.3. The molecule has 0 atom stereocenters. The molecule has 0 unspecified atom stereocenters. The van der Waals surface area contributed by atoms with Gasteiger partial charge in [-0.3, -0.25) is 4.79 Å². The van der Waals surface area contributed by atoms with Gasteiger partial charge in [0.25, 0.3) is 0 Å². The number of ether oxygens (including phenoxy) is 2. The van der Waals surface area contributed by atoms with E-state index in [9.17, 15) is 9.59 Å². The summed E-state index contributed by atoms with van der Waals surface area (Å²) in [5.41, 5.74) is 0. The number of nitrogens with zero attached hydrogens (tertiary/aromatic N) is 2. The van der Waals surface area contributed by atoms with E-state index in [0.717, 1.165) is 6.41 Å².